The van der Waals surface area contributed by atoms with Crippen molar-refractivity contribution in [3.63, 3.8) is 0 Å². The van der Waals surface area contributed by atoms with E-state index in [0.717, 1.165) is 37.2 Å². The molecule has 0 bridgehead atoms. The zero-order valence-corrected chi connectivity index (χ0v) is 11.2. The molecule has 0 aromatic heterocycles. The number of carbonyl (C=O) groups is 1. The van der Waals surface area contributed by atoms with Gasteiger partial charge < -0.3 is 10.6 Å². The molecule has 18 heavy (non-hydrogen) atoms. The summed E-state index contributed by atoms with van der Waals surface area (Å²) in [7, 11) is 0. The number of carbonyl (C=O) groups excluding carboxylic acids is 1. The van der Waals surface area contributed by atoms with E-state index < -0.39 is 0 Å². The largest absolute Gasteiger partial charge is 0.399 e. The van der Waals surface area contributed by atoms with E-state index in [1.54, 1.807) is 0 Å². The minimum atomic E-state index is -0.0934. The second kappa shape index (κ2) is 5.42. The zero-order valence-electron chi connectivity index (χ0n) is 11.2. The normalized spacial score (nSPS) is 21.0. The number of rotatable bonds is 3. The predicted molar refractivity (Wildman–Crippen MR) is 74.2 cm³/mol. The highest BCUT2D eigenvalue weighted by Gasteiger charge is 2.28. The van der Waals surface area contributed by atoms with E-state index in [1.165, 1.54) is 0 Å². The highest BCUT2D eigenvalue weighted by molar-refractivity contribution is 5.83. The summed E-state index contributed by atoms with van der Waals surface area (Å²) < 4.78 is 0. The molecule has 98 valence electrons. The number of hydrogen-bond donors (Lipinski definition) is 1. The van der Waals surface area contributed by atoms with Gasteiger partial charge in [0.05, 0.1) is 5.92 Å². The molecule has 1 saturated heterocycles. The number of nitrogen functional groups attached to an aromatic ring is 1. The van der Waals surface area contributed by atoms with E-state index in [1.807, 2.05) is 36.1 Å². The molecule has 1 aromatic rings. The van der Waals surface area contributed by atoms with Gasteiger partial charge in [-0.15, -0.1) is 0 Å². The lowest BCUT2D eigenvalue weighted by molar-refractivity contribution is -0.131. The van der Waals surface area contributed by atoms with Crippen LogP contribution >= 0.6 is 0 Å². The van der Waals surface area contributed by atoms with Crippen LogP contribution in [0, 0.1) is 5.92 Å². The lowest BCUT2D eigenvalue weighted by Crippen LogP contribution is -2.32. The highest BCUT2D eigenvalue weighted by atomic mass is 16.2. The maximum absolute atomic E-state index is 12.4. The monoisotopic (exact) mass is 246 g/mol. The van der Waals surface area contributed by atoms with Crippen LogP contribution in [0.1, 0.15) is 38.2 Å². The standard InChI is InChI=1S/C15H22N2O/c1-3-12-7-8-17(10-12)15(18)11(2)13-5-4-6-14(16)9-13/h4-6,9,11-12H,3,7-8,10,16H2,1-2H3. The van der Waals surface area contributed by atoms with Crippen molar-refractivity contribution in [3.8, 4) is 0 Å². The quantitative estimate of drug-likeness (QED) is 0.833. The van der Waals surface area contributed by atoms with Gasteiger partial charge in [0.15, 0.2) is 0 Å². The Morgan fingerprint density at radius 3 is 2.94 bits per heavy atom. The molecule has 1 aromatic carbocycles. The predicted octanol–water partition coefficient (Wildman–Crippen LogP) is 2.63. The second-order valence-corrected chi connectivity index (χ2v) is 5.24. The molecule has 0 aliphatic carbocycles. The Bertz CT molecular complexity index is 430. The average molecular weight is 246 g/mol. The van der Waals surface area contributed by atoms with E-state index in [2.05, 4.69) is 6.92 Å². The van der Waals surface area contributed by atoms with E-state index >= 15 is 0 Å². The molecular formula is C15H22N2O. The number of likely N-dealkylation sites (tertiary alicyclic amines) is 1. The van der Waals surface area contributed by atoms with Crippen LogP contribution in [-0.2, 0) is 4.79 Å². The second-order valence-electron chi connectivity index (χ2n) is 5.24. The number of nitrogens with zero attached hydrogens (tertiary/aromatic N) is 1. The molecule has 3 heteroatoms. The van der Waals surface area contributed by atoms with Gasteiger partial charge in [0.2, 0.25) is 5.91 Å². The average Bonchev–Trinajstić information content (AvgIpc) is 2.85. The van der Waals surface area contributed by atoms with Gasteiger partial charge >= 0.3 is 0 Å². The molecule has 1 aliphatic rings. The molecule has 1 aliphatic heterocycles. The molecule has 1 amide bonds. The van der Waals surface area contributed by atoms with E-state index in [9.17, 15) is 4.79 Å². The minimum absolute atomic E-state index is 0.0934. The molecule has 0 radical (unpaired) electrons. The van der Waals surface area contributed by atoms with Gasteiger partial charge in [0.1, 0.15) is 0 Å². The summed E-state index contributed by atoms with van der Waals surface area (Å²) >= 11 is 0. The van der Waals surface area contributed by atoms with Crippen LogP contribution in [0.3, 0.4) is 0 Å². The molecule has 3 nitrogen and oxygen atoms in total. The Balaban J connectivity index is 2.05. The first-order valence-electron chi connectivity index (χ1n) is 6.76. The highest BCUT2D eigenvalue weighted by Crippen LogP contribution is 2.25. The summed E-state index contributed by atoms with van der Waals surface area (Å²) in [5.74, 6) is 0.822. The van der Waals surface area contributed by atoms with Crippen LogP contribution in [0.15, 0.2) is 24.3 Å². The lowest BCUT2D eigenvalue weighted by Gasteiger charge is -2.21. The summed E-state index contributed by atoms with van der Waals surface area (Å²) in [5.41, 5.74) is 7.50. The van der Waals surface area contributed by atoms with Gasteiger partial charge in [0.25, 0.3) is 0 Å². The molecular weight excluding hydrogens is 224 g/mol. The Morgan fingerprint density at radius 2 is 2.33 bits per heavy atom. The van der Waals surface area contributed by atoms with Crippen molar-refractivity contribution in [2.75, 3.05) is 18.8 Å². The third kappa shape index (κ3) is 2.66. The number of amides is 1. The third-order valence-corrected chi connectivity index (χ3v) is 3.96. The molecule has 1 heterocycles. The maximum atomic E-state index is 12.4. The van der Waals surface area contributed by atoms with E-state index in [-0.39, 0.29) is 11.8 Å². The number of nitrogens with two attached hydrogens (primary N) is 1. The van der Waals surface area contributed by atoms with Crippen LogP contribution < -0.4 is 5.73 Å². The first-order valence-corrected chi connectivity index (χ1v) is 6.76. The van der Waals surface area contributed by atoms with Crippen molar-refractivity contribution in [2.45, 2.75) is 32.6 Å². The maximum Gasteiger partial charge on any atom is 0.229 e. The van der Waals surface area contributed by atoms with Crippen molar-refractivity contribution < 1.29 is 4.79 Å². The summed E-state index contributed by atoms with van der Waals surface area (Å²) in [6, 6.07) is 7.64. The van der Waals surface area contributed by atoms with Gasteiger partial charge in [-0.3, -0.25) is 4.79 Å². The minimum Gasteiger partial charge on any atom is -0.399 e. The van der Waals surface area contributed by atoms with Crippen molar-refractivity contribution in [1.82, 2.24) is 4.90 Å². The number of benzene rings is 1. The van der Waals surface area contributed by atoms with Crippen LogP contribution in [0.5, 0.6) is 0 Å². The summed E-state index contributed by atoms with van der Waals surface area (Å²) in [6.45, 7) is 5.99. The van der Waals surface area contributed by atoms with Crippen LogP contribution in [-0.4, -0.2) is 23.9 Å². The Morgan fingerprint density at radius 1 is 1.56 bits per heavy atom. The fourth-order valence-corrected chi connectivity index (χ4v) is 2.61. The van der Waals surface area contributed by atoms with Crippen LogP contribution in [0.4, 0.5) is 5.69 Å². The summed E-state index contributed by atoms with van der Waals surface area (Å²) in [4.78, 5) is 14.4. The van der Waals surface area contributed by atoms with Crippen molar-refractivity contribution in [1.29, 1.82) is 0 Å². The number of anilines is 1. The molecule has 2 N–H and O–H groups in total. The summed E-state index contributed by atoms with van der Waals surface area (Å²) in [6.07, 6.45) is 2.31. The van der Waals surface area contributed by atoms with Gasteiger partial charge in [-0.1, -0.05) is 25.5 Å². The smallest absolute Gasteiger partial charge is 0.229 e. The molecule has 0 saturated carbocycles. The van der Waals surface area contributed by atoms with Crippen LogP contribution in [0.2, 0.25) is 0 Å². The molecule has 2 unspecified atom stereocenters. The van der Waals surface area contributed by atoms with Crippen molar-refractivity contribution >= 4 is 11.6 Å². The van der Waals surface area contributed by atoms with Crippen molar-refractivity contribution in [2.24, 2.45) is 5.92 Å². The van der Waals surface area contributed by atoms with E-state index in [4.69, 9.17) is 5.73 Å². The Kier molecular flexibility index (Phi) is 3.90. The Labute approximate surface area is 109 Å². The zero-order chi connectivity index (χ0) is 13.1. The van der Waals surface area contributed by atoms with Gasteiger partial charge in [-0.25, -0.2) is 0 Å². The molecule has 1 fully saturated rings. The third-order valence-electron chi connectivity index (χ3n) is 3.96. The lowest BCUT2D eigenvalue weighted by atomic mass is 9.99. The Hall–Kier alpha value is -1.51. The topological polar surface area (TPSA) is 46.3 Å². The molecule has 0 spiro atoms. The fourth-order valence-electron chi connectivity index (χ4n) is 2.61. The fraction of sp³-hybridized carbons (Fsp3) is 0.533. The van der Waals surface area contributed by atoms with Crippen LogP contribution in [0.25, 0.3) is 0 Å². The first kappa shape index (κ1) is 12.9. The van der Waals surface area contributed by atoms with Gasteiger partial charge in [-0.2, -0.15) is 0 Å². The number of hydrogen-bond acceptors (Lipinski definition) is 2. The summed E-state index contributed by atoms with van der Waals surface area (Å²) in [5, 5.41) is 0. The molecule has 2 rings (SSSR count). The molecule has 2 atom stereocenters. The first-order chi connectivity index (χ1) is 8.61. The SMILES string of the molecule is CCC1CCN(C(=O)C(C)c2cccc(N)c2)C1. The van der Waals surface area contributed by atoms with Gasteiger partial charge in [-0.05, 0) is 37.0 Å². The van der Waals surface area contributed by atoms with Gasteiger partial charge in [0, 0.05) is 18.8 Å². The van der Waals surface area contributed by atoms with E-state index in [0.29, 0.717) is 5.92 Å². The van der Waals surface area contributed by atoms with Crippen molar-refractivity contribution in [3.05, 3.63) is 29.8 Å².